The molecule has 3 heterocycles. The highest BCUT2D eigenvalue weighted by Gasteiger charge is 2.46. The third-order valence-electron chi connectivity index (χ3n) is 5.43. The van der Waals surface area contributed by atoms with E-state index in [1.54, 1.807) is 30.3 Å². The molecule has 0 spiro atoms. The topological polar surface area (TPSA) is 89.2 Å². The highest BCUT2D eigenvalue weighted by molar-refractivity contribution is 9.10. The summed E-state index contributed by atoms with van der Waals surface area (Å²) in [5.41, 5.74) is 1.06. The zero-order valence-corrected chi connectivity index (χ0v) is 18.4. The molecule has 1 atom stereocenters. The Hall–Kier alpha value is -3.52. The number of hydrogen-bond acceptors (Lipinski definition) is 6. The first-order valence-electron chi connectivity index (χ1n) is 9.99. The van der Waals surface area contributed by atoms with Crippen LogP contribution in [-0.4, -0.2) is 34.9 Å². The van der Waals surface area contributed by atoms with Crippen LogP contribution >= 0.6 is 15.9 Å². The van der Waals surface area contributed by atoms with E-state index in [-0.39, 0.29) is 17.9 Å². The summed E-state index contributed by atoms with van der Waals surface area (Å²) in [6.45, 7) is 0.925. The molecule has 0 saturated carbocycles. The smallest absolute Gasteiger partial charge is 0.296 e. The summed E-state index contributed by atoms with van der Waals surface area (Å²) in [6, 6.07) is 14.9. The van der Waals surface area contributed by atoms with E-state index in [4.69, 9.17) is 13.9 Å². The van der Waals surface area contributed by atoms with Crippen molar-refractivity contribution < 1.29 is 28.6 Å². The fourth-order valence-corrected chi connectivity index (χ4v) is 4.40. The first-order valence-corrected chi connectivity index (χ1v) is 10.8. The zero-order chi connectivity index (χ0) is 22.2. The van der Waals surface area contributed by atoms with Crippen LogP contribution in [0.4, 0.5) is 0 Å². The minimum atomic E-state index is -0.786. The van der Waals surface area contributed by atoms with E-state index in [1.807, 2.05) is 24.3 Å². The number of ketones is 1. The third-order valence-corrected chi connectivity index (χ3v) is 5.92. The highest BCUT2D eigenvalue weighted by atomic mass is 79.9. The van der Waals surface area contributed by atoms with E-state index in [1.165, 1.54) is 11.2 Å². The van der Waals surface area contributed by atoms with Crippen molar-refractivity contribution in [3.63, 3.8) is 0 Å². The maximum atomic E-state index is 13.1. The summed E-state index contributed by atoms with van der Waals surface area (Å²) < 4.78 is 17.3. The molecule has 1 fully saturated rings. The number of hydrogen-bond donors (Lipinski definition) is 1. The number of carbonyl (C=O) groups is 2. The molecule has 2 aliphatic heterocycles. The average Bonchev–Trinajstić information content (AvgIpc) is 3.41. The van der Waals surface area contributed by atoms with Crippen LogP contribution in [0.25, 0.3) is 5.76 Å². The van der Waals surface area contributed by atoms with Crippen LogP contribution in [0.1, 0.15) is 22.9 Å². The van der Waals surface area contributed by atoms with Gasteiger partial charge in [-0.1, -0.05) is 28.1 Å². The number of fused-ring (bicyclic) bond motifs is 1. The molecule has 1 aromatic heterocycles. The van der Waals surface area contributed by atoms with E-state index in [2.05, 4.69) is 15.9 Å². The second-order valence-electron chi connectivity index (χ2n) is 7.42. The van der Waals surface area contributed by atoms with Crippen molar-refractivity contribution in [2.75, 3.05) is 13.2 Å². The molecule has 2 aliphatic rings. The number of halogens is 1. The van der Waals surface area contributed by atoms with Crippen molar-refractivity contribution >= 4 is 33.4 Å². The van der Waals surface area contributed by atoms with Crippen LogP contribution in [-0.2, 0) is 16.1 Å². The maximum Gasteiger partial charge on any atom is 0.296 e. The molecule has 162 valence electrons. The normalized spacial score (nSPS) is 19.4. The predicted octanol–water partition coefficient (Wildman–Crippen LogP) is 4.44. The summed E-state index contributed by atoms with van der Waals surface area (Å²) in [5, 5.41) is 11.2. The molecule has 5 rings (SSSR count). The Labute approximate surface area is 192 Å². The second kappa shape index (κ2) is 8.20. The minimum absolute atomic E-state index is 0.0105. The number of carbonyl (C=O) groups excluding carboxylic acids is 2. The van der Waals surface area contributed by atoms with Gasteiger partial charge in [-0.25, -0.2) is 0 Å². The number of likely N-dealkylation sites (tertiary alicyclic amines) is 1. The predicted molar refractivity (Wildman–Crippen MR) is 118 cm³/mol. The summed E-state index contributed by atoms with van der Waals surface area (Å²) in [5.74, 6) is -0.156. The van der Waals surface area contributed by atoms with Crippen molar-refractivity contribution in [3.8, 4) is 11.5 Å². The van der Waals surface area contributed by atoms with Gasteiger partial charge in [-0.05, 0) is 48.0 Å². The Morgan fingerprint density at radius 2 is 1.84 bits per heavy atom. The van der Waals surface area contributed by atoms with Gasteiger partial charge in [0.1, 0.15) is 24.7 Å². The number of furan rings is 1. The number of amides is 1. The highest BCUT2D eigenvalue weighted by Crippen LogP contribution is 2.42. The Kier molecular flexibility index (Phi) is 5.22. The van der Waals surface area contributed by atoms with Crippen LogP contribution in [0.5, 0.6) is 11.5 Å². The molecule has 1 saturated heterocycles. The molecule has 7 nitrogen and oxygen atoms in total. The number of rotatable bonds is 4. The van der Waals surface area contributed by atoms with Crippen molar-refractivity contribution in [2.24, 2.45) is 0 Å². The van der Waals surface area contributed by atoms with Crippen LogP contribution in [0.2, 0.25) is 0 Å². The molecule has 8 heteroatoms. The molecule has 1 N–H and O–H groups in total. The van der Waals surface area contributed by atoms with Gasteiger partial charge in [0.15, 0.2) is 11.5 Å². The lowest BCUT2D eigenvalue weighted by molar-refractivity contribution is -0.140. The van der Waals surface area contributed by atoms with Crippen LogP contribution < -0.4 is 9.47 Å². The van der Waals surface area contributed by atoms with Gasteiger partial charge in [0, 0.05) is 10.0 Å². The van der Waals surface area contributed by atoms with Gasteiger partial charge in [0.05, 0.1) is 24.4 Å². The van der Waals surface area contributed by atoms with E-state index < -0.39 is 17.7 Å². The summed E-state index contributed by atoms with van der Waals surface area (Å²) >= 11 is 3.45. The van der Waals surface area contributed by atoms with Gasteiger partial charge in [-0.15, -0.1) is 0 Å². The summed E-state index contributed by atoms with van der Waals surface area (Å²) in [4.78, 5) is 27.5. The number of ether oxygens (including phenoxy) is 2. The van der Waals surface area contributed by atoms with Gasteiger partial charge in [0.25, 0.3) is 11.7 Å². The number of aliphatic hydroxyl groups excluding tert-OH is 1. The van der Waals surface area contributed by atoms with E-state index in [0.29, 0.717) is 41.6 Å². The number of nitrogens with zero attached hydrogens (tertiary/aromatic N) is 1. The number of benzene rings is 2. The molecule has 0 aliphatic carbocycles. The fourth-order valence-electron chi connectivity index (χ4n) is 3.98. The summed E-state index contributed by atoms with van der Waals surface area (Å²) in [6.07, 6.45) is 1.51. The molecular weight excluding hydrogens is 478 g/mol. The van der Waals surface area contributed by atoms with Crippen LogP contribution in [0.15, 0.2) is 75.3 Å². The molecule has 0 radical (unpaired) electrons. The Morgan fingerprint density at radius 3 is 2.59 bits per heavy atom. The quantitative estimate of drug-likeness (QED) is 0.327. The van der Waals surface area contributed by atoms with Crippen molar-refractivity contribution in [3.05, 3.63) is 87.8 Å². The van der Waals surface area contributed by atoms with Gasteiger partial charge in [-0.3, -0.25) is 9.59 Å². The Balaban J connectivity index is 1.64. The third kappa shape index (κ3) is 3.56. The average molecular weight is 496 g/mol. The van der Waals surface area contributed by atoms with Crippen molar-refractivity contribution in [2.45, 2.75) is 12.6 Å². The van der Waals surface area contributed by atoms with Gasteiger partial charge in [-0.2, -0.15) is 0 Å². The monoisotopic (exact) mass is 495 g/mol. The molecule has 3 aromatic rings. The lowest BCUT2D eigenvalue weighted by Crippen LogP contribution is -2.29. The van der Waals surface area contributed by atoms with E-state index in [9.17, 15) is 14.7 Å². The van der Waals surface area contributed by atoms with E-state index in [0.717, 1.165) is 4.47 Å². The lowest BCUT2D eigenvalue weighted by Gasteiger charge is -2.25. The number of aliphatic hydroxyl groups is 1. The summed E-state index contributed by atoms with van der Waals surface area (Å²) in [7, 11) is 0. The first kappa shape index (κ1) is 20.4. The fraction of sp³-hybridized carbons (Fsp3) is 0.167. The van der Waals surface area contributed by atoms with Crippen LogP contribution in [0, 0.1) is 0 Å². The van der Waals surface area contributed by atoms with Crippen molar-refractivity contribution in [1.82, 2.24) is 4.90 Å². The maximum absolute atomic E-state index is 13.1. The second-order valence-corrected chi connectivity index (χ2v) is 8.34. The van der Waals surface area contributed by atoms with Gasteiger partial charge >= 0.3 is 0 Å². The molecular formula is C24H18BrNO6. The molecule has 1 unspecified atom stereocenters. The molecule has 0 bridgehead atoms. The minimum Gasteiger partial charge on any atom is -0.507 e. The largest absolute Gasteiger partial charge is 0.507 e. The van der Waals surface area contributed by atoms with Crippen LogP contribution in [0.3, 0.4) is 0 Å². The SMILES string of the molecule is O=C1C(=O)N(Cc2ccco2)C(c2cccc(Br)c2)C1=C(O)c1ccc2c(c1)OCCO2. The van der Waals surface area contributed by atoms with Crippen molar-refractivity contribution in [1.29, 1.82) is 0 Å². The first-order chi connectivity index (χ1) is 15.5. The molecule has 2 aromatic carbocycles. The Bertz CT molecular complexity index is 1230. The zero-order valence-electron chi connectivity index (χ0n) is 16.8. The molecule has 32 heavy (non-hydrogen) atoms. The van der Waals surface area contributed by atoms with E-state index >= 15 is 0 Å². The number of Topliss-reactive ketones (excluding diaryl/α,β-unsaturated/α-hetero) is 1. The van der Waals surface area contributed by atoms with Gasteiger partial charge < -0.3 is 23.9 Å². The Morgan fingerprint density at radius 1 is 1.03 bits per heavy atom. The lowest BCUT2D eigenvalue weighted by atomic mass is 9.95. The molecule has 1 amide bonds. The van der Waals surface area contributed by atoms with Gasteiger partial charge in [0.2, 0.25) is 0 Å². The standard InChI is InChI=1S/C24H18BrNO6/c25-16-4-1-3-14(11-16)21-20(23(28)24(29)26(21)13-17-5-2-8-30-17)22(27)15-6-7-18-19(12-15)32-10-9-31-18/h1-8,11-12,21,27H,9-10,13H2.